The minimum atomic E-state index is -4.50. The maximum Gasteiger partial charge on any atom is 0.416 e. The Kier molecular flexibility index (Phi) is 8.02. The van der Waals surface area contributed by atoms with E-state index in [1.54, 1.807) is 36.7 Å². The fraction of sp³-hybridized carbons (Fsp3) is 0.333. The highest BCUT2D eigenvalue weighted by Gasteiger charge is 2.34. The number of aromatic nitrogens is 1. The molecular weight excluding hydrogens is 453 g/mol. The molecule has 2 amide bonds. The van der Waals surface area contributed by atoms with Crippen LogP contribution in [0.15, 0.2) is 54.9 Å². The zero-order chi connectivity index (χ0) is 22.6. The molecular formula is C24H26ClF3N4O. The third-order valence-corrected chi connectivity index (χ3v) is 5.74. The summed E-state index contributed by atoms with van der Waals surface area (Å²) >= 11 is 0. The molecule has 5 nitrogen and oxygen atoms in total. The van der Waals surface area contributed by atoms with Gasteiger partial charge >= 0.3 is 12.2 Å². The standard InChI is InChI=1S/C24H25F3N4O.ClH/c25-24(26,27)21-14-19(31-12-3-1-2-4-13-31)9-8-18(21)16-29-23(32)30-22-7-5-6-17-15-28-11-10-20(17)22;/h5-11,14-15H,1-4,12-13,16H2,(H2,29,30,32);1H. The highest BCUT2D eigenvalue weighted by molar-refractivity contribution is 6.01. The van der Waals surface area contributed by atoms with Gasteiger partial charge in [-0.1, -0.05) is 31.0 Å². The van der Waals surface area contributed by atoms with Gasteiger partial charge in [0.2, 0.25) is 0 Å². The maximum atomic E-state index is 13.8. The first-order chi connectivity index (χ1) is 15.4. The number of urea groups is 1. The van der Waals surface area contributed by atoms with E-state index in [-0.39, 0.29) is 24.5 Å². The maximum absolute atomic E-state index is 13.8. The molecule has 0 unspecified atom stereocenters. The fourth-order valence-electron chi connectivity index (χ4n) is 4.08. The van der Waals surface area contributed by atoms with E-state index in [1.807, 2.05) is 11.0 Å². The number of nitrogens with zero attached hydrogens (tertiary/aromatic N) is 2. The molecule has 0 spiro atoms. The predicted octanol–water partition coefficient (Wildman–Crippen LogP) is 6.38. The Bertz CT molecular complexity index is 1090. The van der Waals surface area contributed by atoms with E-state index in [0.29, 0.717) is 11.4 Å². The molecule has 1 aliphatic rings. The lowest BCUT2D eigenvalue weighted by atomic mass is 10.0. The largest absolute Gasteiger partial charge is 0.416 e. The van der Waals surface area contributed by atoms with Gasteiger partial charge in [-0.2, -0.15) is 13.2 Å². The number of hydrogen-bond donors (Lipinski definition) is 2. The number of halogens is 4. The number of carbonyl (C=O) groups excluding carboxylic acids is 1. The van der Waals surface area contributed by atoms with Gasteiger partial charge < -0.3 is 15.5 Å². The second kappa shape index (κ2) is 10.7. The van der Waals surface area contributed by atoms with Crippen LogP contribution < -0.4 is 15.5 Å². The van der Waals surface area contributed by atoms with Crippen LogP contribution in [0.2, 0.25) is 0 Å². The first kappa shape index (κ1) is 24.6. The van der Waals surface area contributed by atoms with Crippen LogP contribution in [0.3, 0.4) is 0 Å². The molecule has 1 aromatic heterocycles. The molecule has 1 fully saturated rings. The number of pyridine rings is 1. The molecule has 1 aliphatic heterocycles. The average Bonchev–Trinajstić information content (AvgIpc) is 3.07. The summed E-state index contributed by atoms with van der Waals surface area (Å²) in [6.45, 7) is 1.29. The van der Waals surface area contributed by atoms with Gasteiger partial charge in [-0.3, -0.25) is 4.98 Å². The molecule has 2 N–H and O–H groups in total. The van der Waals surface area contributed by atoms with Crippen molar-refractivity contribution in [1.29, 1.82) is 0 Å². The zero-order valence-corrected chi connectivity index (χ0v) is 18.8. The lowest BCUT2D eigenvalue weighted by Crippen LogP contribution is -2.29. The predicted molar refractivity (Wildman–Crippen MR) is 127 cm³/mol. The Morgan fingerprint density at radius 1 is 1.03 bits per heavy atom. The summed E-state index contributed by atoms with van der Waals surface area (Å²) in [7, 11) is 0. The van der Waals surface area contributed by atoms with Crippen LogP contribution in [0.25, 0.3) is 10.8 Å². The zero-order valence-electron chi connectivity index (χ0n) is 18.0. The average molecular weight is 479 g/mol. The van der Waals surface area contributed by atoms with Gasteiger partial charge in [0.1, 0.15) is 0 Å². The molecule has 176 valence electrons. The van der Waals surface area contributed by atoms with E-state index in [4.69, 9.17) is 0 Å². The number of alkyl halides is 3. The summed E-state index contributed by atoms with van der Waals surface area (Å²) in [6, 6.07) is 11.0. The number of benzene rings is 2. The molecule has 2 heterocycles. The second-order valence-electron chi connectivity index (χ2n) is 7.95. The first-order valence-electron chi connectivity index (χ1n) is 10.7. The Balaban J connectivity index is 0.00000306. The topological polar surface area (TPSA) is 57.3 Å². The molecule has 3 aromatic rings. The molecule has 4 rings (SSSR count). The normalized spacial score (nSPS) is 14.3. The van der Waals surface area contributed by atoms with Crippen molar-refractivity contribution in [1.82, 2.24) is 10.3 Å². The van der Waals surface area contributed by atoms with Gasteiger partial charge in [0.05, 0.1) is 11.3 Å². The Morgan fingerprint density at radius 3 is 2.52 bits per heavy atom. The van der Waals surface area contributed by atoms with Crippen molar-refractivity contribution in [2.24, 2.45) is 0 Å². The SMILES string of the molecule is Cl.O=C(NCc1ccc(N2CCCCCC2)cc1C(F)(F)F)Nc1cccc2cnccc12. The fourth-order valence-corrected chi connectivity index (χ4v) is 4.08. The number of amides is 2. The van der Waals surface area contributed by atoms with Crippen molar-refractivity contribution in [2.45, 2.75) is 38.4 Å². The Morgan fingerprint density at radius 2 is 1.79 bits per heavy atom. The van der Waals surface area contributed by atoms with E-state index in [0.717, 1.165) is 49.5 Å². The molecule has 0 saturated carbocycles. The molecule has 0 radical (unpaired) electrons. The van der Waals surface area contributed by atoms with Crippen LogP contribution >= 0.6 is 12.4 Å². The van der Waals surface area contributed by atoms with E-state index >= 15 is 0 Å². The quantitative estimate of drug-likeness (QED) is 0.457. The minimum absolute atomic E-state index is 0. The minimum Gasteiger partial charge on any atom is -0.372 e. The van der Waals surface area contributed by atoms with Crippen molar-refractivity contribution in [3.63, 3.8) is 0 Å². The van der Waals surface area contributed by atoms with Gasteiger partial charge in [0.15, 0.2) is 0 Å². The Labute approximate surface area is 196 Å². The number of carbonyl (C=O) groups is 1. The van der Waals surface area contributed by atoms with Gasteiger partial charge in [-0.15, -0.1) is 12.4 Å². The second-order valence-corrected chi connectivity index (χ2v) is 7.95. The smallest absolute Gasteiger partial charge is 0.372 e. The van der Waals surface area contributed by atoms with Gasteiger partial charge in [-0.05, 0) is 42.7 Å². The highest BCUT2D eigenvalue weighted by Crippen LogP contribution is 2.35. The summed E-state index contributed by atoms with van der Waals surface area (Å²) in [5.41, 5.74) is 0.468. The van der Waals surface area contributed by atoms with Crippen molar-refractivity contribution in [3.8, 4) is 0 Å². The highest BCUT2D eigenvalue weighted by atomic mass is 35.5. The molecule has 33 heavy (non-hydrogen) atoms. The van der Waals surface area contributed by atoms with E-state index in [1.165, 1.54) is 12.1 Å². The molecule has 2 aromatic carbocycles. The molecule has 1 saturated heterocycles. The lowest BCUT2D eigenvalue weighted by Gasteiger charge is -2.25. The van der Waals surface area contributed by atoms with E-state index < -0.39 is 17.8 Å². The van der Waals surface area contributed by atoms with E-state index in [2.05, 4.69) is 15.6 Å². The van der Waals surface area contributed by atoms with Crippen LogP contribution in [-0.4, -0.2) is 24.1 Å². The van der Waals surface area contributed by atoms with Gasteiger partial charge in [-0.25, -0.2) is 4.79 Å². The summed E-state index contributed by atoms with van der Waals surface area (Å²) < 4.78 is 41.3. The van der Waals surface area contributed by atoms with E-state index in [9.17, 15) is 18.0 Å². The number of nitrogens with one attached hydrogen (secondary N) is 2. The molecule has 9 heteroatoms. The van der Waals surface area contributed by atoms with Crippen LogP contribution in [0.5, 0.6) is 0 Å². The van der Waals surface area contributed by atoms with Crippen LogP contribution in [0.4, 0.5) is 29.3 Å². The molecule has 0 atom stereocenters. The summed E-state index contributed by atoms with van der Waals surface area (Å²) in [5.74, 6) is 0. The van der Waals surface area contributed by atoms with Crippen LogP contribution in [0, 0.1) is 0 Å². The number of anilines is 2. The third kappa shape index (κ3) is 6.07. The van der Waals surface area contributed by atoms with Gasteiger partial charge in [0, 0.05) is 48.5 Å². The first-order valence-corrected chi connectivity index (χ1v) is 10.7. The van der Waals surface area contributed by atoms with Crippen molar-refractivity contribution < 1.29 is 18.0 Å². The lowest BCUT2D eigenvalue weighted by molar-refractivity contribution is -0.138. The summed E-state index contributed by atoms with van der Waals surface area (Å²) in [5, 5.41) is 6.93. The number of rotatable bonds is 4. The van der Waals surface area contributed by atoms with Gasteiger partial charge in [0.25, 0.3) is 0 Å². The third-order valence-electron chi connectivity index (χ3n) is 5.74. The molecule has 0 aliphatic carbocycles. The number of fused-ring (bicyclic) bond motifs is 1. The molecule has 0 bridgehead atoms. The van der Waals surface area contributed by atoms with Crippen LogP contribution in [-0.2, 0) is 12.7 Å². The Hall–Kier alpha value is -3.00. The summed E-state index contributed by atoms with van der Waals surface area (Å²) in [6.07, 6.45) is 2.97. The number of hydrogen-bond acceptors (Lipinski definition) is 3. The van der Waals surface area contributed by atoms with Crippen LogP contribution in [0.1, 0.15) is 36.8 Å². The summed E-state index contributed by atoms with van der Waals surface area (Å²) in [4.78, 5) is 18.5. The van der Waals surface area contributed by atoms with Crippen molar-refractivity contribution in [2.75, 3.05) is 23.3 Å². The van der Waals surface area contributed by atoms with Crippen molar-refractivity contribution >= 4 is 40.6 Å². The monoisotopic (exact) mass is 478 g/mol. The van der Waals surface area contributed by atoms with Crippen molar-refractivity contribution in [3.05, 3.63) is 66.0 Å².